The molecule has 134 valence electrons. The molecule has 1 atom stereocenters. The molecule has 1 fully saturated rings. The predicted molar refractivity (Wildman–Crippen MR) is 95.1 cm³/mol. The van der Waals surface area contributed by atoms with Crippen LogP contribution in [-0.4, -0.2) is 23.6 Å². The molecule has 0 aromatic heterocycles. The zero-order chi connectivity index (χ0) is 18.9. The topological polar surface area (TPSA) is 105 Å². The summed E-state index contributed by atoms with van der Waals surface area (Å²) in [5.41, 5.74) is 0.357. The van der Waals surface area contributed by atoms with Gasteiger partial charge in [0.1, 0.15) is 0 Å². The zero-order valence-corrected chi connectivity index (χ0v) is 14.3. The van der Waals surface area contributed by atoms with Crippen LogP contribution in [0.25, 0.3) is 0 Å². The van der Waals surface area contributed by atoms with Gasteiger partial charge in [0.05, 0.1) is 21.5 Å². The summed E-state index contributed by atoms with van der Waals surface area (Å²) in [6.07, 6.45) is -0.595. The van der Waals surface area contributed by atoms with Gasteiger partial charge in [-0.05, 0) is 11.5 Å². The van der Waals surface area contributed by atoms with Crippen LogP contribution in [-0.2, 0) is 9.31 Å². The summed E-state index contributed by atoms with van der Waals surface area (Å²) in [5, 5.41) is 22.4. The smallest absolute Gasteiger partial charge is 0.407 e. The van der Waals surface area contributed by atoms with Crippen LogP contribution >= 0.6 is 0 Å². The van der Waals surface area contributed by atoms with Gasteiger partial charge in [0.2, 0.25) is 0 Å². The second-order valence-electron chi connectivity index (χ2n) is 6.82. The summed E-state index contributed by atoms with van der Waals surface area (Å²) >= 11 is 0. The van der Waals surface area contributed by atoms with Crippen molar-refractivity contribution in [3.05, 3.63) is 74.3 Å². The van der Waals surface area contributed by atoms with Crippen LogP contribution in [0.1, 0.15) is 25.5 Å². The van der Waals surface area contributed by atoms with Crippen LogP contribution in [0.15, 0.2) is 48.5 Å². The Bertz CT molecular complexity index is 857. The molecule has 26 heavy (non-hydrogen) atoms. The third kappa shape index (κ3) is 3.44. The van der Waals surface area contributed by atoms with E-state index in [1.54, 1.807) is 30.3 Å². The van der Waals surface area contributed by atoms with Crippen LogP contribution in [0.5, 0.6) is 0 Å². The van der Waals surface area contributed by atoms with E-state index in [4.69, 9.17) is 9.31 Å². The number of benzene rings is 2. The molecule has 9 heteroatoms. The summed E-state index contributed by atoms with van der Waals surface area (Å²) in [4.78, 5) is 21.5. The summed E-state index contributed by atoms with van der Waals surface area (Å²) in [6.45, 7) is 4.09. The molecule has 0 spiro atoms. The number of rotatable bonds is 4. The SMILES string of the molecule is CC1(C)COB(c2cccc([N+](=O)[O-])c2)OC1c1ccccc1[N+](=O)[O-]. The molecule has 1 aliphatic rings. The Morgan fingerprint density at radius 3 is 2.50 bits per heavy atom. The second kappa shape index (κ2) is 6.85. The Hall–Kier alpha value is -2.78. The molecular formula is C17H17BN2O6. The molecule has 1 aliphatic heterocycles. The third-order valence-electron chi connectivity index (χ3n) is 4.35. The van der Waals surface area contributed by atoms with Crippen molar-refractivity contribution in [3.8, 4) is 0 Å². The highest BCUT2D eigenvalue weighted by Crippen LogP contribution is 2.43. The van der Waals surface area contributed by atoms with Crippen molar-refractivity contribution in [1.82, 2.24) is 0 Å². The Morgan fingerprint density at radius 2 is 1.81 bits per heavy atom. The van der Waals surface area contributed by atoms with E-state index in [-0.39, 0.29) is 18.0 Å². The van der Waals surface area contributed by atoms with Crippen LogP contribution in [0, 0.1) is 25.6 Å². The fourth-order valence-corrected chi connectivity index (χ4v) is 3.04. The van der Waals surface area contributed by atoms with Crippen LogP contribution in [0.4, 0.5) is 11.4 Å². The highest BCUT2D eigenvalue weighted by Gasteiger charge is 2.44. The molecule has 0 saturated carbocycles. The number of hydrogen-bond acceptors (Lipinski definition) is 6. The maximum atomic E-state index is 11.4. The molecule has 0 radical (unpaired) electrons. The van der Waals surface area contributed by atoms with Gasteiger partial charge >= 0.3 is 7.12 Å². The molecule has 8 nitrogen and oxygen atoms in total. The van der Waals surface area contributed by atoms with E-state index < -0.39 is 28.5 Å². The van der Waals surface area contributed by atoms with E-state index >= 15 is 0 Å². The Labute approximate surface area is 150 Å². The van der Waals surface area contributed by atoms with Gasteiger partial charge in [0, 0.05) is 30.2 Å². The van der Waals surface area contributed by atoms with E-state index in [9.17, 15) is 20.2 Å². The molecule has 2 aromatic rings. The number of nitro groups is 2. The van der Waals surface area contributed by atoms with Gasteiger partial charge in [-0.15, -0.1) is 0 Å². The highest BCUT2D eigenvalue weighted by atomic mass is 16.6. The van der Waals surface area contributed by atoms with Crippen LogP contribution in [0.2, 0.25) is 0 Å². The monoisotopic (exact) mass is 356 g/mol. The van der Waals surface area contributed by atoms with Gasteiger partial charge in [-0.2, -0.15) is 0 Å². The highest BCUT2D eigenvalue weighted by molar-refractivity contribution is 6.61. The van der Waals surface area contributed by atoms with Gasteiger partial charge in [-0.3, -0.25) is 20.2 Å². The number of non-ortho nitro benzene ring substituents is 1. The minimum atomic E-state index is -0.840. The first-order valence-electron chi connectivity index (χ1n) is 8.04. The maximum Gasteiger partial charge on any atom is 0.494 e. The fourth-order valence-electron chi connectivity index (χ4n) is 3.04. The fraction of sp³-hybridized carbons (Fsp3) is 0.294. The lowest BCUT2D eigenvalue weighted by molar-refractivity contribution is -0.386. The van der Waals surface area contributed by atoms with Gasteiger partial charge in [-0.1, -0.05) is 38.1 Å². The average molecular weight is 356 g/mol. The molecule has 0 amide bonds. The minimum Gasteiger partial charge on any atom is -0.407 e. The van der Waals surface area contributed by atoms with Gasteiger partial charge < -0.3 is 9.31 Å². The normalized spacial score (nSPS) is 19.2. The second-order valence-corrected chi connectivity index (χ2v) is 6.82. The molecule has 0 aliphatic carbocycles. The maximum absolute atomic E-state index is 11.4. The number of nitrogens with zero attached hydrogens (tertiary/aromatic N) is 2. The van der Waals surface area contributed by atoms with Crippen LogP contribution < -0.4 is 5.46 Å². The number of hydrogen-bond donors (Lipinski definition) is 0. The van der Waals surface area contributed by atoms with Gasteiger partial charge in [0.25, 0.3) is 11.4 Å². The van der Waals surface area contributed by atoms with Crippen molar-refractivity contribution < 1.29 is 19.2 Å². The Morgan fingerprint density at radius 1 is 1.08 bits per heavy atom. The molecule has 0 bridgehead atoms. The van der Waals surface area contributed by atoms with Crippen molar-refractivity contribution in [2.24, 2.45) is 5.41 Å². The van der Waals surface area contributed by atoms with Crippen molar-refractivity contribution >= 4 is 24.0 Å². The summed E-state index contributed by atoms with van der Waals surface area (Å²) < 4.78 is 11.8. The average Bonchev–Trinajstić information content (AvgIpc) is 2.61. The van der Waals surface area contributed by atoms with Crippen molar-refractivity contribution in [2.45, 2.75) is 20.0 Å². The minimum absolute atomic E-state index is 0.0229. The first-order valence-corrected chi connectivity index (χ1v) is 8.04. The van der Waals surface area contributed by atoms with E-state index in [1.807, 2.05) is 13.8 Å². The molecule has 2 aromatic carbocycles. The summed E-state index contributed by atoms with van der Waals surface area (Å²) in [7, 11) is -0.840. The van der Waals surface area contributed by atoms with Crippen molar-refractivity contribution in [2.75, 3.05) is 6.61 Å². The Balaban J connectivity index is 1.97. The molecule has 1 saturated heterocycles. The van der Waals surface area contributed by atoms with E-state index in [0.717, 1.165) is 0 Å². The predicted octanol–water partition coefficient (Wildman–Crippen LogP) is 3.01. The largest absolute Gasteiger partial charge is 0.494 e. The van der Waals surface area contributed by atoms with Crippen LogP contribution in [0.3, 0.4) is 0 Å². The number of para-hydroxylation sites is 1. The Kier molecular flexibility index (Phi) is 4.75. The lowest BCUT2D eigenvalue weighted by Crippen LogP contribution is -2.49. The van der Waals surface area contributed by atoms with Crippen molar-refractivity contribution in [3.63, 3.8) is 0 Å². The third-order valence-corrected chi connectivity index (χ3v) is 4.35. The zero-order valence-electron chi connectivity index (χ0n) is 14.3. The van der Waals surface area contributed by atoms with E-state index in [0.29, 0.717) is 11.0 Å². The first kappa shape index (κ1) is 18.0. The first-order chi connectivity index (χ1) is 12.3. The lowest BCUT2D eigenvalue weighted by Gasteiger charge is -2.41. The quantitative estimate of drug-likeness (QED) is 0.474. The van der Waals surface area contributed by atoms with Crippen molar-refractivity contribution in [1.29, 1.82) is 0 Å². The molecular weight excluding hydrogens is 339 g/mol. The van der Waals surface area contributed by atoms with E-state index in [2.05, 4.69) is 0 Å². The molecule has 3 rings (SSSR count). The lowest BCUT2D eigenvalue weighted by atomic mass is 9.72. The standard InChI is InChI=1S/C17H17BN2O6/c1-17(2)11-25-18(12-6-5-7-13(10-12)19(21)22)26-16(17)14-8-3-4-9-15(14)20(23)24/h3-10,16H,11H2,1-2H3. The summed E-state index contributed by atoms with van der Waals surface area (Å²) in [5.74, 6) is 0. The molecule has 0 N–H and O–H groups in total. The molecule has 1 unspecified atom stereocenters. The van der Waals surface area contributed by atoms with E-state index in [1.165, 1.54) is 18.2 Å². The summed E-state index contributed by atoms with van der Waals surface area (Å²) in [6, 6.07) is 12.4. The van der Waals surface area contributed by atoms with Gasteiger partial charge in [-0.25, -0.2) is 0 Å². The van der Waals surface area contributed by atoms with Gasteiger partial charge in [0.15, 0.2) is 0 Å². The number of nitro benzene ring substituents is 2. The molecule has 1 heterocycles.